The van der Waals surface area contributed by atoms with Gasteiger partial charge in [-0.05, 0) is 24.4 Å². The molecule has 2 aliphatic rings. The lowest BCUT2D eigenvalue weighted by molar-refractivity contribution is -0.0511. The first-order valence-electron chi connectivity index (χ1n) is 9.08. The molecule has 0 spiro atoms. The molecule has 2 fully saturated rings. The lowest BCUT2D eigenvalue weighted by atomic mass is 10.1. The minimum atomic E-state index is -1.25. The Morgan fingerprint density at radius 2 is 2.18 bits per heavy atom. The molecule has 12 heteroatoms. The summed E-state index contributed by atoms with van der Waals surface area (Å²) >= 11 is 6.11. The molecule has 2 saturated heterocycles. The number of hydrogen-bond donors (Lipinski definition) is 4. The molecular formula is C16H23ClN6O5. The van der Waals surface area contributed by atoms with Gasteiger partial charge in [0.2, 0.25) is 5.28 Å². The maximum atomic E-state index is 10.3. The Bertz CT molecular complexity index is 837. The SMILES string of the molecule is COC1CCCN(Nc2nc(Cl)nc3c2ncn3[C@@H]2O[C@H](CO)C(O)C2O)C1. The smallest absolute Gasteiger partial charge is 0.226 e. The molecule has 3 unspecified atom stereocenters. The van der Waals surface area contributed by atoms with E-state index in [1.807, 2.05) is 5.01 Å². The lowest BCUT2D eigenvalue weighted by Gasteiger charge is -2.32. The van der Waals surface area contributed by atoms with Crippen LogP contribution in [0.1, 0.15) is 19.1 Å². The van der Waals surface area contributed by atoms with Gasteiger partial charge >= 0.3 is 0 Å². The van der Waals surface area contributed by atoms with Crippen LogP contribution in [0, 0.1) is 0 Å². The van der Waals surface area contributed by atoms with Crippen LogP contribution in [0.2, 0.25) is 5.28 Å². The molecule has 28 heavy (non-hydrogen) atoms. The molecule has 2 aliphatic heterocycles. The fourth-order valence-electron chi connectivity index (χ4n) is 3.65. The first-order chi connectivity index (χ1) is 13.5. The summed E-state index contributed by atoms with van der Waals surface area (Å²) in [7, 11) is 1.69. The Kier molecular flexibility index (Phi) is 5.65. The predicted octanol–water partition coefficient (Wildman–Crippen LogP) is -0.471. The molecule has 0 radical (unpaired) electrons. The molecule has 5 atom stereocenters. The van der Waals surface area contributed by atoms with E-state index < -0.39 is 31.1 Å². The van der Waals surface area contributed by atoms with Crippen LogP contribution in [-0.4, -0.2) is 91.1 Å². The number of nitrogens with zero attached hydrogens (tertiary/aromatic N) is 5. The first-order valence-corrected chi connectivity index (χ1v) is 9.46. The van der Waals surface area contributed by atoms with E-state index in [2.05, 4.69) is 20.4 Å². The summed E-state index contributed by atoms with van der Waals surface area (Å²) < 4.78 is 12.5. The zero-order valence-electron chi connectivity index (χ0n) is 15.3. The van der Waals surface area contributed by atoms with Crippen molar-refractivity contribution in [2.24, 2.45) is 0 Å². The molecule has 0 aromatic carbocycles. The normalized spacial score (nSPS) is 31.5. The molecule has 11 nitrogen and oxygen atoms in total. The fraction of sp³-hybridized carbons (Fsp3) is 0.688. The van der Waals surface area contributed by atoms with Crippen molar-refractivity contribution in [1.29, 1.82) is 0 Å². The van der Waals surface area contributed by atoms with Gasteiger partial charge in [0.1, 0.15) is 18.3 Å². The summed E-state index contributed by atoms with van der Waals surface area (Å²) in [5, 5.41) is 31.6. The first kappa shape index (κ1) is 19.7. The van der Waals surface area contributed by atoms with Gasteiger partial charge in [-0.2, -0.15) is 9.97 Å². The topological polar surface area (TPSA) is 138 Å². The van der Waals surface area contributed by atoms with E-state index in [1.165, 1.54) is 10.9 Å². The number of hydrazine groups is 1. The number of aromatic nitrogens is 4. The highest BCUT2D eigenvalue weighted by Crippen LogP contribution is 2.33. The molecule has 154 valence electrons. The van der Waals surface area contributed by atoms with E-state index in [0.29, 0.717) is 23.5 Å². The predicted molar refractivity (Wildman–Crippen MR) is 98.6 cm³/mol. The number of imidazole rings is 1. The summed E-state index contributed by atoms with van der Waals surface area (Å²) in [6, 6.07) is 0. The number of anilines is 1. The van der Waals surface area contributed by atoms with Crippen LogP contribution in [-0.2, 0) is 9.47 Å². The summed E-state index contributed by atoms with van der Waals surface area (Å²) in [5.41, 5.74) is 4.01. The summed E-state index contributed by atoms with van der Waals surface area (Å²) in [4.78, 5) is 12.8. The van der Waals surface area contributed by atoms with Gasteiger partial charge in [-0.15, -0.1) is 0 Å². The van der Waals surface area contributed by atoms with Crippen molar-refractivity contribution < 1.29 is 24.8 Å². The zero-order valence-corrected chi connectivity index (χ0v) is 16.0. The summed E-state index contributed by atoms with van der Waals surface area (Å²) in [6.45, 7) is 1.09. The Morgan fingerprint density at radius 3 is 2.89 bits per heavy atom. The van der Waals surface area contributed by atoms with Crippen molar-refractivity contribution in [3.05, 3.63) is 11.6 Å². The number of hydrogen-bond acceptors (Lipinski definition) is 10. The van der Waals surface area contributed by atoms with Gasteiger partial charge in [0.15, 0.2) is 23.2 Å². The van der Waals surface area contributed by atoms with Gasteiger partial charge < -0.3 is 30.2 Å². The zero-order chi connectivity index (χ0) is 19.8. The molecule has 0 saturated carbocycles. The number of nitrogens with one attached hydrogen (secondary N) is 1. The second-order valence-electron chi connectivity index (χ2n) is 6.95. The second-order valence-corrected chi connectivity index (χ2v) is 7.29. The molecule has 0 bridgehead atoms. The molecule has 2 aromatic heterocycles. The van der Waals surface area contributed by atoms with Crippen molar-refractivity contribution >= 4 is 28.6 Å². The number of rotatable bonds is 5. The molecular weight excluding hydrogens is 392 g/mol. The lowest BCUT2D eigenvalue weighted by Crippen LogP contribution is -2.42. The maximum Gasteiger partial charge on any atom is 0.226 e. The van der Waals surface area contributed by atoms with Crippen LogP contribution in [0.5, 0.6) is 0 Å². The average Bonchev–Trinajstić information content (AvgIpc) is 3.23. The number of halogens is 1. The van der Waals surface area contributed by atoms with Crippen molar-refractivity contribution in [3.63, 3.8) is 0 Å². The number of aliphatic hydroxyl groups is 3. The van der Waals surface area contributed by atoms with E-state index in [1.54, 1.807) is 7.11 Å². The van der Waals surface area contributed by atoms with Gasteiger partial charge in [0.05, 0.1) is 19.0 Å². The van der Waals surface area contributed by atoms with Crippen LogP contribution in [0.3, 0.4) is 0 Å². The monoisotopic (exact) mass is 414 g/mol. The summed E-state index contributed by atoms with van der Waals surface area (Å²) in [5.74, 6) is 0.428. The Hall–Kier alpha value is -1.60. The van der Waals surface area contributed by atoms with E-state index in [9.17, 15) is 15.3 Å². The summed E-state index contributed by atoms with van der Waals surface area (Å²) in [6.07, 6.45) is -0.777. The number of methoxy groups -OCH3 is 1. The molecule has 0 aliphatic carbocycles. The molecule has 4 rings (SSSR count). The Balaban J connectivity index is 1.64. The number of piperidine rings is 1. The largest absolute Gasteiger partial charge is 0.394 e. The maximum absolute atomic E-state index is 10.3. The van der Waals surface area contributed by atoms with Crippen LogP contribution < -0.4 is 5.43 Å². The highest BCUT2D eigenvalue weighted by Gasteiger charge is 2.44. The van der Waals surface area contributed by atoms with Crippen LogP contribution in [0.15, 0.2) is 6.33 Å². The number of aliphatic hydroxyl groups excluding tert-OH is 3. The van der Waals surface area contributed by atoms with Gasteiger partial charge in [0.25, 0.3) is 0 Å². The Labute approximate surface area is 165 Å². The van der Waals surface area contributed by atoms with Crippen molar-refractivity contribution in [2.45, 2.75) is 43.5 Å². The molecule has 4 heterocycles. The van der Waals surface area contributed by atoms with Crippen molar-refractivity contribution in [1.82, 2.24) is 24.5 Å². The van der Waals surface area contributed by atoms with E-state index in [-0.39, 0.29) is 11.4 Å². The minimum absolute atomic E-state index is 0.00351. The quantitative estimate of drug-likeness (QED) is 0.475. The number of ether oxygens (including phenoxy) is 2. The van der Waals surface area contributed by atoms with E-state index in [4.69, 9.17) is 21.1 Å². The highest BCUT2D eigenvalue weighted by atomic mass is 35.5. The molecule has 4 N–H and O–H groups in total. The minimum Gasteiger partial charge on any atom is -0.394 e. The van der Waals surface area contributed by atoms with Crippen LogP contribution in [0.25, 0.3) is 11.2 Å². The van der Waals surface area contributed by atoms with Crippen LogP contribution >= 0.6 is 11.6 Å². The third-order valence-corrected chi connectivity index (χ3v) is 5.33. The highest BCUT2D eigenvalue weighted by molar-refractivity contribution is 6.28. The fourth-order valence-corrected chi connectivity index (χ4v) is 3.81. The van der Waals surface area contributed by atoms with Gasteiger partial charge in [-0.1, -0.05) is 0 Å². The standard InChI is InChI=1S/C16H23ClN6O5/c1-27-8-3-2-4-22(5-8)21-13-10-14(20-16(17)19-13)23(7-18-10)15-12(26)11(25)9(6-24)28-15/h7-9,11-12,15,24-26H,2-6H2,1H3,(H,19,20,21)/t8?,9-,11?,12?,15-/m1/s1. The molecule has 2 aromatic rings. The molecule has 0 amide bonds. The van der Waals surface area contributed by atoms with Gasteiger partial charge in [0, 0.05) is 20.2 Å². The van der Waals surface area contributed by atoms with Crippen molar-refractivity contribution in [2.75, 3.05) is 32.2 Å². The second kappa shape index (κ2) is 8.03. The Morgan fingerprint density at radius 1 is 1.36 bits per heavy atom. The third-order valence-electron chi connectivity index (χ3n) is 5.16. The van der Waals surface area contributed by atoms with Gasteiger partial charge in [-0.25, -0.2) is 9.99 Å². The van der Waals surface area contributed by atoms with E-state index in [0.717, 1.165) is 19.4 Å². The van der Waals surface area contributed by atoms with Gasteiger partial charge in [-0.3, -0.25) is 4.57 Å². The van der Waals surface area contributed by atoms with E-state index >= 15 is 0 Å². The average molecular weight is 415 g/mol. The van der Waals surface area contributed by atoms with Crippen LogP contribution in [0.4, 0.5) is 5.82 Å². The number of fused-ring (bicyclic) bond motifs is 1. The van der Waals surface area contributed by atoms with Crippen molar-refractivity contribution in [3.8, 4) is 0 Å². The third kappa shape index (κ3) is 3.54.